The smallest absolute Gasteiger partial charge is 0.136 e. The summed E-state index contributed by atoms with van der Waals surface area (Å²) in [7, 11) is 0. The van der Waals surface area contributed by atoms with Crippen molar-refractivity contribution in [3.8, 4) is 0 Å². The summed E-state index contributed by atoms with van der Waals surface area (Å²) in [6.07, 6.45) is -0.188. The van der Waals surface area contributed by atoms with E-state index in [-0.39, 0.29) is 23.7 Å². The van der Waals surface area contributed by atoms with Gasteiger partial charge in [0.15, 0.2) is 0 Å². The van der Waals surface area contributed by atoms with E-state index in [1.54, 1.807) is 0 Å². The van der Waals surface area contributed by atoms with Gasteiger partial charge in [-0.15, -0.1) is 4.72 Å². The number of ether oxygens (including phenoxy) is 2. The Bertz CT molecular complexity index is 949. The lowest BCUT2D eigenvalue weighted by molar-refractivity contribution is -0.135. The quantitative estimate of drug-likeness (QED) is 0.199. The molecule has 0 spiro atoms. The molecule has 1 N–H and O–H groups in total. The van der Waals surface area contributed by atoms with Gasteiger partial charge >= 0.3 is 0 Å². The van der Waals surface area contributed by atoms with Gasteiger partial charge in [0.25, 0.3) is 0 Å². The number of thioether (sulfide) groups is 1. The van der Waals surface area contributed by atoms with Crippen molar-refractivity contribution < 1.29 is 14.0 Å². The van der Waals surface area contributed by atoms with Crippen molar-refractivity contribution in [2.45, 2.75) is 87.0 Å². The molecule has 9 heteroatoms. The van der Waals surface area contributed by atoms with Crippen molar-refractivity contribution >= 4 is 23.1 Å². The van der Waals surface area contributed by atoms with Crippen LogP contribution in [0.2, 0.25) is 0 Å². The van der Waals surface area contributed by atoms with Crippen molar-refractivity contribution in [2.24, 2.45) is 5.11 Å². The molecular formula is C25H34N4O3S2. The molecule has 2 aromatic carbocycles. The number of benzene rings is 2. The van der Waals surface area contributed by atoms with Crippen LogP contribution in [0.3, 0.4) is 0 Å². The van der Waals surface area contributed by atoms with Crippen molar-refractivity contribution in [3.63, 3.8) is 0 Å². The van der Waals surface area contributed by atoms with Gasteiger partial charge < -0.3 is 14.0 Å². The Balaban J connectivity index is 1.81. The van der Waals surface area contributed by atoms with E-state index in [0.717, 1.165) is 10.5 Å². The van der Waals surface area contributed by atoms with Crippen LogP contribution >= 0.6 is 11.8 Å². The number of nitrogens with one attached hydrogen (secondary N) is 1. The Hall–Kier alpha value is -1.71. The van der Waals surface area contributed by atoms with Crippen LogP contribution in [0.4, 0.5) is 0 Å². The number of hydrogen-bond donors (Lipinski definition) is 1. The van der Waals surface area contributed by atoms with Crippen LogP contribution < -0.4 is 4.72 Å². The Kier molecular flexibility index (Phi) is 9.74. The first-order valence-corrected chi connectivity index (χ1v) is 13.5. The summed E-state index contributed by atoms with van der Waals surface area (Å²) in [5.41, 5.74) is 11.1. The molecule has 7 nitrogen and oxygen atoms in total. The summed E-state index contributed by atoms with van der Waals surface area (Å²) in [5, 5.41) is 4.05. The molecule has 1 aliphatic rings. The number of hydrogen-bond acceptors (Lipinski definition) is 6. The first kappa shape index (κ1) is 26.9. The van der Waals surface area contributed by atoms with Gasteiger partial charge in [0, 0.05) is 21.2 Å². The minimum atomic E-state index is -1.26. The van der Waals surface area contributed by atoms with Gasteiger partial charge in [-0.2, -0.15) is 0 Å². The Morgan fingerprint density at radius 1 is 1.24 bits per heavy atom. The highest BCUT2D eigenvalue weighted by Crippen LogP contribution is 2.37. The summed E-state index contributed by atoms with van der Waals surface area (Å²) in [4.78, 5) is 4.12. The van der Waals surface area contributed by atoms with E-state index in [4.69, 9.17) is 9.47 Å². The van der Waals surface area contributed by atoms with E-state index in [2.05, 4.69) is 14.7 Å². The molecule has 184 valence electrons. The number of azide groups is 1. The second kappa shape index (κ2) is 12.3. The minimum Gasteiger partial charge on any atom is -0.598 e. The van der Waals surface area contributed by atoms with Crippen LogP contribution in [0.5, 0.6) is 0 Å². The van der Waals surface area contributed by atoms with Gasteiger partial charge in [0.1, 0.15) is 16.3 Å². The minimum absolute atomic E-state index is 0.242. The molecule has 0 aromatic heterocycles. The molecule has 0 bridgehead atoms. The first-order chi connectivity index (χ1) is 16.2. The van der Waals surface area contributed by atoms with Crippen LogP contribution in [-0.2, 0) is 27.4 Å². The summed E-state index contributed by atoms with van der Waals surface area (Å²) in [6.45, 7) is 10.2. The standard InChI is InChI=1S/C25H34N4O3S2/c1-17-11-13-20(14-12-17)33-24-21(27-29-26)15-22(31-16-19-9-7-6-8-10-19)23(32-24)18(2)28-34(30)25(3,4)5/h6-14,18,21-24,28H,15-16H2,1-5H3/t18-,21-,22+,23-,24?,34-/m1/s1. The van der Waals surface area contributed by atoms with Crippen LogP contribution in [0.15, 0.2) is 64.6 Å². The second-order valence-corrected chi connectivity index (χ2v) is 12.7. The van der Waals surface area contributed by atoms with Crippen LogP contribution in [0.1, 0.15) is 45.2 Å². The normalized spacial score (nSPS) is 24.8. The molecule has 2 aromatic rings. The van der Waals surface area contributed by atoms with E-state index >= 15 is 0 Å². The molecule has 6 atom stereocenters. The van der Waals surface area contributed by atoms with E-state index in [0.29, 0.717) is 13.0 Å². The zero-order valence-corrected chi connectivity index (χ0v) is 22.0. The fourth-order valence-corrected chi connectivity index (χ4v) is 5.53. The first-order valence-electron chi connectivity index (χ1n) is 11.4. The lowest BCUT2D eigenvalue weighted by atomic mass is 9.97. The van der Waals surface area contributed by atoms with Crippen LogP contribution in [-0.4, -0.2) is 39.0 Å². The molecule has 1 fully saturated rings. The highest BCUT2D eigenvalue weighted by Gasteiger charge is 2.43. The monoisotopic (exact) mass is 502 g/mol. The molecule has 0 amide bonds. The largest absolute Gasteiger partial charge is 0.598 e. The fourth-order valence-electron chi connectivity index (χ4n) is 3.63. The third-order valence-electron chi connectivity index (χ3n) is 5.57. The van der Waals surface area contributed by atoms with Gasteiger partial charge in [-0.25, -0.2) is 0 Å². The van der Waals surface area contributed by atoms with Crippen molar-refractivity contribution in [1.82, 2.24) is 4.72 Å². The van der Waals surface area contributed by atoms with Crippen molar-refractivity contribution in [1.29, 1.82) is 0 Å². The van der Waals surface area contributed by atoms with E-state index in [1.165, 1.54) is 17.3 Å². The summed E-state index contributed by atoms with van der Waals surface area (Å²) < 4.78 is 28.5. The van der Waals surface area contributed by atoms with Gasteiger partial charge in [-0.05, 0) is 64.3 Å². The molecule has 3 rings (SSSR count). The molecular weight excluding hydrogens is 468 g/mol. The predicted octanol–water partition coefficient (Wildman–Crippen LogP) is 5.91. The average molecular weight is 503 g/mol. The Morgan fingerprint density at radius 2 is 1.91 bits per heavy atom. The van der Waals surface area contributed by atoms with E-state index in [9.17, 15) is 10.1 Å². The highest BCUT2D eigenvalue weighted by atomic mass is 32.2. The maximum absolute atomic E-state index is 12.8. The highest BCUT2D eigenvalue weighted by molar-refractivity contribution is 7.99. The predicted molar refractivity (Wildman–Crippen MR) is 139 cm³/mol. The van der Waals surface area contributed by atoms with E-state index in [1.807, 2.05) is 89.2 Å². The SMILES string of the molecule is Cc1ccc(SC2O[C@H]([C@@H](C)N[S@+]([O-])C(C)(C)C)[C@@H](OCc3ccccc3)C[C@H]2N=[N+]=[N-])cc1. The summed E-state index contributed by atoms with van der Waals surface area (Å²) in [6, 6.07) is 17.5. The van der Waals surface area contributed by atoms with Gasteiger partial charge in [-0.1, -0.05) is 64.9 Å². The van der Waals surface area contributed by atoms with Gasteiger partial charge in [0.05, 0.1) is 24.8 Å². The maximum atomic E-state index is 12.8. The van der Waals surface area contributed by atoms with Crippen molar-refractivity contribution in [3.05, 3.63) is 76.2 Å². The van der Waals surface area contributed by atoms with Crippen LogP contribution in [0.25, 0.3) is 10.4 Å². The number of rotatable bonds is 9. The molecule has 1 unspecified atom stereocenters. The summed E-state index contributed by atoms with van der Waals surface area (Å²) >= 11 is 0.275. The summed E-state index contributed by atoms with van der Waals surface area (Å²) in [5.74, 6) is 0. The van der Waals surface area contributed by atoms with Crippen LogP contribution in [0, 0.1) is 6.92 Å². The fraction of sp³-hybridized carbons (Fsp3) is 0.520. The maximum Gasteiger partial charge on any atom is 0.136 e. The molecule has 0 aliphatic carbocycles. The number of nitrogens with zero attached hydrogens (tertiary/aromatic N) is 3. The molecule has 0 saturated carbocycles. The third-order valence-corrected chi connectivity index (χ3v) is 8.47. The zero-order chi connectivity index (χ0) is 24.7. The molecule has 1 aliphatic heterocycles. The molecule has 0 radical (unpaired) electrons. The lowest BCUT2D eigenvalue weighted by Crippen LogP contribution is -2.57. The zero-order valence-electron chi connectivity index (χ0n) is 20.4. The second-order valence-electron chi connectivity index (χ2n) is 9.53. The molecule has 1 saturated heterocycles. The molecule has 1 heterocycles. The average Bonchev–Trinajstić information content (AvgIpc) is 2.80. The molecule has 34 heavy (non-hydrogen) atoms. The Morgan fingerprint density at radius 3 is 2.53 bits per heavy atom. The number of aryl methyl sites for hydroxylation is 1. The van der Waals surface area contributed by atoms with Gasteiger partial charge in [0.2, 0.25) is 0 Å². The Labute approximate surface area is 209 Å². The van der Waals surface area contributed by atoms with Crippen molar-refractivity contribution in [2.75, 3.05) is 0 Å². The van der Waals surface area contributed by atoms with E-state index < -0.39 is 22.2 Å². The topological polar surface area (TPSA) is 102 Å². The third kappa shape index (κ3) is 7.65. The van der Waals surface area contributed by atoms with Gasteiger partial charge in [-0.3, -0.25) is 0 Å². The lowest BCUT2D eigenvalue weighted by Gasteiger charge is -2.42.